The van der Waals surface area contributed by atoms with Gasteiger partial charge in [-0.2, -0.15) is 0 Å². The summed E-state index contributed by atoms with van der Waals surface area (Å²) in [7, 11) is 0. The van der Waals surface area contributed by atoms with E-state index in [0.29, 0.717) is 5.92 Å². The molecule has 2 nitrogen and oxygen atoms in total. The number of hydrogen-bond acceptors (Lipinski definition) is 2. The summed E-state index contributed by atoms with van der Waals surface area (Å²) in [6.45, 7) is 9.02. The lowest BCUT2D eigenvalue weighted by atomic mass is 9.96. The molecule has 0 aliphatic heterocycles. The molecule has 0 spiro atoms. The van der Waals surface area contributed by atoms with E-state index in [4.69, 9.17) is 10.5 Å². The van der Waals surface area contributed by atoms with E-state index in [2.05, 4.69) is 13.8 Å². The third-order valence-corrected chi connectivity index (χ3v) is 2.18. The zero-order valence-electron chi connectivity index (χ0n) is 10.5. The van der Waals surface area contributed by atoms with Crippen molar-refractivity contribution in [1.29, 1.82) is 0 Å². The molecule has 16 heavy (non-hydrogen) atoms. The van der Waals surface area contributed by atoms with Gasteiger partial charge < -0.3 is 10.5 Å². The van der Waals surface area contributed by atoms with Gasteiger partial charge in [-0.3, -0.25) is 0 Å². The molecule has 0 saturated carbocycles. The molecule has 0 unspecified atom stereocenters. The summed E-state index contributed by atoms with van der Waals surface area (Å²) in [6.07, 6.45) is 0. The molecule has 1 rings (SSSR count). The van der Waals surface area contributed by atoms with Gasteiger partial charge in [0.25, 0.3) is 0 Å². The van der Waals surface area contributed by atoms with Crippen molar-refractivity contribution in [3.05, 3.63) is 29.8 Å². The molecule has 2 N–H and O–H groups in total. The highest BCUT2D eigenvalue weighted by atomic mass is 35.5. The van der Waals surface area contributed by atoms with Gasteiger partial charge in [0, 0.05) is 5.54 Å². The molecule has 0 bridgehead atoms. The van der Waals surface area contributed by atoms with Crippen LogP contribution in [0.3, 0.4) is 0 Å². The first-order valence-corrected chi connectivity index (χ1v) is 5.42. The van der Waals surface area contributed by atoms with Crippen LogP contribution in [0.2, 0.25) is 0 Å². The van der Waals surface area contributed by atoms with Gasteiger partial charge in [-0.25, -0.2) is 0 Å². The third-order valence-electron chi connectivity index (χ3n) is 2.18. The first-order valence-electron chi connectivity index (χ1n) is 5.42. The van der Waals surface area contributed by atoms with Crippen molar-refractivity contribution in [3.63, 3.8) is 0 Å². The zero-order valence-corrected chi connectivity index (χ0v) is 11.3. The van der Waals surface area contributed by atoms with Crippen LogP contribution in [0.15, 0.2) is 24.3 Å². The Morgan fingerprint density at radius 3 is 2.06 bits per heavy atom. The van der Waals surface area contributed by atoms with Crippen LogP contribution in [0.5, 0.6) is 5.75 Å². The van der Waals surface area contributed by atoms with Crippen molar-refractivity contribution in [3.8, 4) is 5.75 Å². The van der Waals surface area contributed by atoms with Crippen LogP contribution in [0.1, 0.15) is 33.3 Å². The molecule has 0 aromatic heterocycles. The second-order valence-electron chi connectivity index (χ2n) is 4.95. The Bertz CT molecular complexity index is 301. The van der Waals surface area contributed by atoms with Crippen molar-refractivity contribution in [2.45, 2.75) is 33.2 Å². The van der Waals surface area contributed by atoms with Crippen molar-refractivity contribution in [2.75, 3.05) is 6.61 Å². The Kier molecular flexibility index (Phi) is 5.84. The quantitative estimate of drug-likeness (QED) is 0.881. The van der Waals surface area contributed by atoms with Crippen LogP contribution in [0, 0.1) is 5.92 Å². The normalized spacial score (nSPS) is 11.1. The largest absolute Gasteiger partial charge is 0.493 e. The van der Waals surface area contributed by atoms with Gasteiger partial charge in [0.1, 0.15) is 5.75 Å². The number of rotatable bonds is 4. The van der Waals surface area contributed by atoms with Crippen LogP contribution in [0.25, 0.3) is 0 Å². The molecule has 0 fully saturated rings. The van der Waals surface area contributed by atoms with Crippen LogP contribution in [-0.4, -0.2) is 6.61 Å². The molecule has 0 radical (unpaired) electrons. The Morgan fingerprint density at radius 2 is 1.69 bits per heavy atom. The molecule has 92 valence electrons. The van der Waals surface area contributed by atoms with E-state index in [0.717, 1.165) is 17.9 Å². The maximum atomic E-state index is 5.99. The lowest BCUT2D eigenvalue weighted by molar-refractivity contribution is 0.271. The van der Waals surface area contributed by atoms with Crippen molar-refractivity contribution >= 4 is 12.4 Å². The summed E-state index contributed by atoms with van der Waals surface area (Å²) < 4.78 is 5.59. The average Bonchev–Trinajstić information content (AvgIpc) is 2.14. The summed E-state index contributed by atoms with van der Waals surface area (Å²) in [6, 6.07) is 8.00. The van der Waals surface area contributed by atoms with Gasteiger partial charge in [-0.1, -0.05) is 26.0 Å². The highest BCUT2D eigenvalue weighted by molar-refractivity contribution is 5.85. The minimum Gasteiger partial charge on any atom is -0.493 e. The van der Waals surface area contributed by atoms with Crippen molar-refractivity contribution < 1.29 is 4.74 Å². The molecule has 0 amide bonds. The van der Waals surface area contributed by atoms with Crippen molar-refractivity contribution in [1.82, 2.24) is 0 Å². The fourth-order valence-corrected chi connectivity index (χ4v) is 1.24. The Labute approximate surface area is 105 Å². The molecule has 1 aromatic carbocycles. The van der Waals surface area contributed by atoms with Gasteiger partial charge in [0.05, 0.1) is 6.61 Å². The molecule has 0 saturated heterocycles. The maximum Gasteiger partial charge on any atom is 0.119 e. The van der Waals surface area contributed by atoms with Gasteiger partial charge in [0.2, 0.25) is 0 Å². The molecule has 1 aromatic rings. The maximum absolute atomic E-state index is 5.99. The number of halogens is 1. The first-order chi connectivity index (χ1) is 6.89. The smallest absolute Gasteiger partial charge is 0.119 e. The standard InChI is InChI=1S/C13H21NO.ClH/c1-10(2)9-15-12-7-5-11(6-8-12)13(3,4)14;/h5-8,10H,9,14H2,1-4H3;1H. The predicted octanol–water partition coefficient (Wildman–Crippen LogP) is 3.34. The van der Waals surface area contributed by atoms with Crippen LogP contribution < -0.4 is 10.5 Å². The summed E-state index contributed by atoms with van der Waals surface area (Å²) in [5.74, 6) is 1.47. The number of benzene rings is 1. The second kappa shape index (κ2) is 6.12. The molecule has 3 heteroatoms. The molecular weight excluding hydrogens is 222 g/mol. The van der Waals surface area contributed by atoms with E-state index in [9.17, 15) is 0 Å². The molecular formula is C13H22ClNO. The SMILES string of the molecule is CC(C)COc1ccc(C(C)(C)N)cc1.Cl. The fraction of sp³-hybridized carbons (Fsp3) is 0.538. The van der Waals surface area contributed by atoms with Gasteiger partial charge in [-0.05, 0) is 37.5 Å². The summed E-state index contributed by atoms with van der Waals surface area (Å²) in [5.41, 5.74) is 6.83. The highest BCUT2D eigenvalue weighted by Crippen LogP contribution is 2.20. The van der Waals surface area contributed by atoms with Gasteiger partial charge in [0.15, 0.2) is 0 Å². The molecule has 0 aliphatic carbocycles. The Hall–Kier alpha value is -0.730. The summed E-state index contributed by atoms with van der Waals surface area (Å²) in [5, 5.41) is 0. The van der Waals surface area contributed by atoms with E-state index in [1.807, 2.05) is 38.1 Å². The molecule has 0 aliphatic rings. The zero-order chi connectivity index (χ0) is 11.5. The van der Waals surface area contributed by atoms with Crippen LogP contribution in [0.4, 0.5) is 0 Å². The summed E-state index contributed by atoms with van der Waals surface area (Å²) >= 11 is 0. The van der Waals surface area contributed by atoms with Crippen LogP contribution in [-0.2, 0) is 5.54 Å². The number of hydrogen-bond donors (Lipinski definition) is 1. The van der Waals surface area contributed by atoms with E-state index in [1.54, 1.807) is 0 Å². The predicted molar refractivity (Wildman–Crippen MR) is 71.2 cm³/mol. The topological polar surface area (TPSA) is 35.2 Å². The minimum atomic E-state index is -0.281. The lowest BCUT2D eigenvalue weighted by Gasteiger charge is -2.19. The molecule has 0 atom stereocenters. The Morgan fingerprint density at radius 1 is 1.19 bits per heavy atom. The minimum absolute atomic E-state index is 0. The van der Waals surface area contributed by atoms with E-state index < -0.39 is 0 Å². The fourth-order valence-electron chi connectivity index (χ4n) is 1.24. The van der Waals surface area contributed by atoms with Crippen LogP contribution >= 0.6 is 12.4 Å². The van der Waals surface area contributed by atoms with Crippen molar-refractivity contribution in [2.24, 2.45) is 11.7 Å². The van der Waals surface area contributed by atoms with Gasteiger partial charge in [-0.15, -0.1) is 12.4 Å². The third kappa shape index (κ3) is 4.86. The monoisotopic (exact) mass is 243 g/mol. The average molecular weight is 244 g/mol. The molecule has 0 heterocycles. The Balaban J connectivity index is 0.00000225. The highest BCUT2D eigenvalue weighted by Gasteiger charge is 2.13. The van der Waals surface area contributed by atoms with E-state index in [-0.39, 0.29) is 17.9 Å². The number of nitrogens with two attached hydrogens (primary N) is 1. The summed E-state index contributed by atoms with van der Waals surface area (Å²) in [4.78, 5) is 0. The number of ether oxygens (including phenoxy) is 1. The van der Waals surface area contributed by atoms with Gasteiger partial charge >= 0.3 is 0 Å². The second-order valence-corrected chi connectivity index (χ2v) is 4.95. The first kappa shape index (κ1) is 15.3. The van der Waals surface area contributed by atoms with E-state index >= 15 is 0 Å². The van der Waals surface area contributed by atoms with E-state index in [1.165, 1.54) is 0 Å². The lowest BCUT2D eigenvalue weighted by Crippen LogP contribution is -2.28.